The molecule has 1 aromatic rings. The molecule has 2 heterocycles. The summed E-state index contributed by atoms with van der Waals surface area (Å²) in [5.41, 5.74) is 2.52. The second-order valence-corrected chi connectivity index (χ2v) is 4.97. The number of hydrogen-bond donors (Lipinski definition) is 2. The van der Waals surface area contributed by atoms with E-state index in [0.29, 0.717) is 6.54 Å². The highest BCUT2D eigenvalue weighted by atomic mass is 32.1. The Morgan fingerprint density at radius 1 is 1.59 bits per heavy atom. The number of nitrogens with zero attached hydrogens (tertiary/aromatic N) is 2. The lowest BCUT2D eigenvalue weighted by Gasteiger charge is -2.27. The van der Waals surface area contributed by atoms with Crippen LogP contribution in [0.25, 0.3) is 0 Å². The first-order valence-corrected chi connectivity index (χ1v) is 6.76. The van der Waals surface area contributed by atoms with Crippen LogP contribution in [0.4, 0.5) is 0 Å². The van der Waals surface area contributed by atoms with Gasteiger partial charge in [0, 0.05) is 39.3 Å². The van der Waals surface area contributed by atoms with Crippen LogP contribution >= 0.6 is 11.3 Å². The molecule has 0 bridgehead atoms. The number of carbonyl (C=O) groups is 1. The van der Waals surface area contributed by atoms with E-state index in [9.17, 15) is 4.79 Å². The third kappa shape index (κ3) is 3.49. The second-order valence-electron chi connectivity index (χ2n) is 4.11. The van der Waals surface area contributed by atoms with E-state index in [-0.39, 0.29) is 5.91 Å². The summed E-state index contributed by atoms with van der Waals surface area (Å²) in [6.45, 7) is 7.71. The number of carbonyl (C=O) groups excluding carboxylic acids is 1. The van der Waals surface area contributed by atoms with Crippen molar-refractivity contribution in [2.24, 2.45) is 0 Å². The standard InChI is InChI=1S/C11H18N4OS/c1-9-10(17-8-14-9)11(16)13-4-7-15-5-2-12-3-6-15/h8,12H,2-7H2,1H3,(H,13,16). The van der Waals surface area contributed by atoms with E-state index in [2.05, 4.69) is 20.5 Å². The maximum absolute atomic E-state index is 11.8. The lowest BCUT2D eigenvalue weighted by molar-refractivity contribution is 0.0950. The molecule has 0 spiro atoms. The lowest BCUT2D eigenvalue weighted by Crippen LogP contribution is -2.46. The Balaban J connectivity index is 1.71. The molecule has 0 saturated carbocycles. The van der Waals surface area contributed by atoms with Crippen LogP contribution < -0.4 is 10.6 Å². The third-order valence-electron chi connectivity index (χ3n) is 2.87. The monoisotopic (exact) mass is 254 g/mol. The Kier molecular flexibility index (Phi) is 4.47. The molecule has 0 aliphatic carbocycles. The zero-order chi connectivity index (χ0) is 12.1. The van der Waals surface area contributed by atoms with Gasteiger partial charge in [-0.1, -0.05) is 0 Å². The van der Waals surface area contributed by atoms with E-state index in [1.165, 1.54) is 11.3 Å². The molecule has 1 fully saturated rings. The molecule has 1 aliphatic rings. The summed E-state index contributed by atoms with van der Waals surface area (Å²) < 4.78 is 0. The molecule has 1 saturated heterocycles. The minimum absolute atomic E-state index is 0.000124. The van der Waals surface area contributed by atoms with Crippen LogP contribution in [0.2, 0.25) is 0 Å². The highest BCUT2D eigenvalue weighted by Crippen LogP contribution is 2.11. The largest absolute Gasteiger partial charge is 0.350 e. The first kappa shape index (κ1) is 12.5. The van der Waals surface area contributed by atoms with E-state index in [1.807, 2.05) is 6.92 Å². The van der Waals surface area contributed by atoms with Crippen LogP contribution in [-0.4, -0.2) is 55.1 Å². The number of piperazine rings is 1. The average molecular weight is 254 g/mol. The van der Waals surface area contributed by atoms with Gasteiger partial charge in [-0.05, 0) is 6.92 Å². The Morgan fingerprint density at radius 3 is 3.00 bits per heavy atom. The SMILES string of the molecule is Cc1ncsc1C(=O)NCCN1CCNCC1. The zero-order valence-electron chi connectivity index (χ0n) is 10.0. The van der Waals surface area contributed by atoms with Gasteiger partial charge in [-0.3, -0.25) is 9.69 Å². The van der Waals surface area contributed by atoms with Gasteiger partial charge >= 0.3 is 0 Å². The normalized spacial score (nSPS) is 17.0. The highest BCUT2D eigenvalue weighted by molar-refractivity contribution is 7.11. The van der Waals surface area contributed by atoms with Crippen molar-refractivity contribution in [2.75, 3.05) is 39.3 Å². The number of nitrogens with one attached hydrogen (secondary N) is 2. The maximum atomic E-state index is 11.8. The summed E-state index contributed by atoms with van der Waals surface area (Å²) in [4.78, 5) is 19.0. The molecular formula is C11H18N4OS. The summed E-state index contributed by atoms with van der Waals surface area (Å²) in [5, 5.41) is 6.25. The smallest absolute Gasteiger partial charge is 0.263 e. The summed E-state index contributed by atoms with van der Waals surface area (Å²) in [6.07, 6.45) is 0. The van der Waals surface area contributed by atoms with E-state index >= 15 is 0 Å². The van der Waals surface area contributed by atoms with Crippen LogP contribution in [0.1, 0.15) is 15.4 Å². The molecule has 17 heavy (non-hydrogen) atoms. The Labute approximate surface area is 105 Å². The van der Waals surface area contributed by atoms with Gasteiger partial charge in [-0.25, -0.2) is 4.98 Å². The predicted molar refractivity (Wildman–Crippen MR) is 68.5 cm³/mol. The van der Waals surface area contributed by atoms with Gasteiger partial charge < -0.3 is 10.6 Å². The molecule has 0 radical (unpaired) electrons. The van der Waals surface area contributed by atoms with Gasteiger partial charge in [0.05, 0.1) is 11.2 Å². The Hall–Kier alpha value is -0.980. The fourth-order valence-electron chi connectivity index (χ4n) is 1.86. The second kappa shape index (κ2) is 6.09. The molecule has 94 valence electrons. The quantitative estimate of drug-likeness (QED) is 0.799. The van der Waals surface area contributed by atoms with Crippen molar-refractivity contribution in [1.82, 2.24) is 20.5 Å². The Bertz CT molecular complexity index is 373. The van der Waals surface area contributed by atoms with Gasteiger partial charge in [0.1, 0.15) is 4.88 Å². The summed E-state index contributed by atoms with van der Waals surface area (Å²) in [7, 11) is 0. The summed E-state index contributed by atoms with van der Waals surface area (Å²) in [5.74, 6) is 0.000124. The van der Waals surface area contributed by atoms with Gasteiger partial charge in [0.15, 0.2) is 0 Å². The van der Waals surface area contributed by atoms with Crippen molar-refractivity contribution in [1.29, 1.82) is 0 Å². The van der Waals surface area contributed by atoms with Crippen molar-refractivity contribution in [3.05, 3.63) is 16.1 Å². The molecule has 0 atom stereocenters. The Morgan fingerprint density at radius 2 is 2.35 bits per heavy atom. The molecular weight excluding hydrogens is 236 g/mol. The first-order chi connectivity index (χ1) is 8.27. The third-order valence-corrected chi connectivity index (χ3v) is 3.80. The van der Waals surface area contributed by atoms with Crippen LogP contribution in [0.5, 0.6) is 0 Å². The molecule has 1 aromatic heterocycles. The molecule has 2 N–H and O–H groups in total. The van der Waals surface area contributed by atoms with Gasteiger partial charge in [0.2, 0.25) is 0 Å². The van der Waals surface area contributed by atoms with Crippen molar-refractivity contribution in [3.8, 4) is 0 Å². The molecule has 5 nitrogen and oxygen atoms in total. The van der Waals surface area contributed by atoms with E-state index < -0.39 is 0 Å². The molecule has 6 heteroatoms. The number of hydrogen-bond acceptors (Lipinski definition) is 5. The molecule has 1 aliphatic heterocycles. The molecule has 0 aromatic carbocycles. The minimum Gasteiger partial charge on any atom is -0.350 e. The minimum atomic E-state index is 0.000124. The number of aryl methyl sites for hydroxylation is 1. The van der Waals surface area contributed by atoms with Crippen LogP contribution in [0, 0.1) is 6.92 Å². The number of rotatable bonds is 4. The molecule has 1 amide bonds. The van der Waals surface area contributed by atoms with Gasteiger partial charge in [0.25, 0.3) is 5.91 Å². The predicted octanol–water partition coefficient (Wildman–Crippen LogP) is 0.0865. The van der Waals surface area contributed by atoms with Crippen molar-refractivity contribution in [3.63, 3.8) is 0 Å². The number of aromatic nitrogens is 1. The number of thiazole rings is 1. The van der Waals surface area contributed by atoms with Crippen LogP contribution in [-0.2, 0) is 0 Å². The zero-order valence-corrected chi connectivity index (χ0v) is 10.8. The number of amides is 1. The fraction of sp³-hybridized carbons (Fsp3) is 0.636. The van der Waals surface area contributed by atoms with Gasteiger partial charge in [-0.15, -0.1) is 11.3 Å². The van der Waals surface area contributed by atoms with E-state index in [4.69, 9.17) is 0 Å². The topological polar surface area (TPSA) is 57.3 Å². The van der Waals surface area contributed by atoms with E-state index in [1.54, 1.807) is 5.51 Å². The fourth-order valence-corrected chi connectivity index (χ4v) is 2.58. The van der Waals surface area contributed by atoms with Crippen molar-refractivity contribution < 1.29 is 4.79 Å². The maximum Gasteiger partial charge on any atom is 0.263 e. The van der Waals surface area contributed by atoms with Gasteiger partial charge in [-0.2, -0.15) is 0 Å². The summed E-state index contributed by atoms with van der Waals surface area (Å²) in [6, 6.07) is 0. The van der Waals surface area contributed by atoms with Crippen LogP contribution in [0.3, 0.4) is 0 Å². The average Bonchev–Trinajstić information content (AvgIpc) is 2.77. The van der Waals surface area contributed by atoms with Crippen molar-refractivity contribution >= 4 is 17.2 Å². The lowest BCUT2D eigenvalue weighted by atomic mass is 10.3. The van der Waals surface area contributed by atoms with Crippen LogP contribution in [0.15, 0.2) is 5.51 Å². The van der Waals surface area contributed by atoms with E-state index in [0.717, 1.165) is 43.3 Å². The summed E-state index contributed by atoms with van der Waals surface area (Å²) >= 11 is 1.40. The van der Waals surface area contributed by atoms with Crippen molar-refractivity contribution in [2.45, 2.75) is 6.92 Å². The first-order valence-electron chi connectivity index (χ1n) is 5.89. The molecule has 0 unspecified atom stereocenters. The highest BCUT2D eigenvalue weighted by Gasteiger charge is 2.12. The molecule has 2 rings (SSSR count).